The predicted octanol–water partition coefficient (Wildman–Crippen LogP) is 3.46. The number of carbonyl (C=O) groups excluding carboxylic acids is 2. The zero-order valence-electron chi connectivity index (χ0n) is 18.2. The van der Waals surface area contributed by atoms with E-state index in [4.69, 9.17) is 4.74 Å². The van der Waals surface area contributed by atoms with Gasteiger partial charge in [-0.2, -0.15) is 0 Å². The summed E-state index contributed by atoms with van der Waals surface area (Å²) in [7, 11) is 0. The highest BCUT2D eigenvalue weighted by Crippen LogP contribution is 2.24. The Morgan fingerprint density at radius 3 is 2.38 bits per heavy atom. The highest BCUT2D eigenvalue weighted by molar-refractivity contribution is 5.98. The molecule has 0 radical (unpaired) electrons. The van der Waals surface area contributed by atoms with Crippen LogP contribution in [0.15, 0.2) is 24.3 Å². The van der Waals surface area contributed by atoms with Crippen LogP contribution < -0.4 is 5.32 Å². The second kappa shape index (κ2) is 10.4. The van der Waals surface area contributed by atoms with Crippen LogP contribution in [0.3, 0.4) is 0 Å². The largest absolute Gasteiger partial charge is 0.376 e. The first-order chi connectivity index (χ1) is 13.9. The van der Waals surface area contributed by atoms with Crippen LogP contribution in [-0.2, 0) is 16.0 Å². The molecule has 0 aliphatic carbocycles. The van der Waals surface area contributed by atoms with E-state index in [1.165, 1.54) is 5.56 Å². The van der Waals surface area contributed by atoms with E-state index in [0.717, 1.165) is 57.4 Å². The fourth-order valence-corrected chi connectivity index (χ4v) is 4.39. The zero-order chi connectivity index (χ0) is 20.8. The maximum Gasteiger partial charge on any atom is 0.237 e. The fraction of sp³-hybridized carbons (Fsp3) is 0.667. The van der Waals surface area contributed by atoms with Crippen molar-refractivity contribution in [2.24, 2.45) is 11.8 Å². The molecule has 0 saturated carbocycles. The Labute approximate surface area is 175 Å². The smallest absolute Gasteiger partial charge is 0.237 e. The Morgan fingerprint density at radius 2 is 1.79 bits per heavy atom. The summed E-state index contributed by atoms with van der Waals surface area (Å²) in [5.41, 5.74) is 2.10. The highest BCUT2D eigenvalue weighted by atomic mass is 16.5. The summed E-state index contributed by atoms with van der Waals surface area (Å²) in [4.78, 5) is 27.5. The van der Waals surface area contributed by atoms with Gasteiger partial charge in [-0.15, -0.1) is 0 Å². The number of likely N-dealkylation sites (tertiary alicyclic amines) is 1. The van der Waals surface area contributed by atoms with Gasteiger partial charge in [0.15, 0.2) is 5.78 Å². The lowest BCUT2D eigenvalue weighted by Gasteiger charge is -2.35. The Morgan fingerprint density at radius 1 is 1.10 bits per heavy atom. The molecule has 2 saturated heterocycles. The number of nitrogens with zero attached hydrogens (tertiary/aromatic N) is 1. The number of carbonyl (C=O) groups is 2. The maximum atomic E-state index is 12.9. The minimum atomic E-state index is -0.164. The van der Waals surface area contributed by atoms with Crippen LogP contribution in [0.25, 0.3) is 0 Å². The lowest BCUT2D eigenvalue weighted by molar-refractivity contribution is -0.126. The normalized spacial score (nSPS) is 22.0. The van der Waals surface area contributed by atoms with Crippen LogP contribution in [0, 0.1) is 11.8 Å². The molecule has 2 atom stereocenters. The zero-order valence-corrected chi connectivity index (χ0v) is 18.2. The van der Waals surface area contributed by atoms with Gasteiger partial charge in [0.05, 0.1) is 12.1 Å². The average Bonchev–Trinajstić information content (AvgIpc) is 3.25. The number of ketones is 1. The molecule has 0 unspecified atom stereocenters. The number of rotatable bonds is 8. The number of ether oxygens (including phenoxy) is 1. The number of benzene rings is 1. The molecule has 2 aliphatic heterocycles. The molecular weight excluding hydrogens is 364 g/mol. The van der Waals surface area contributed by atoms with Crippen molar-refractivity contribution in [2.75, 3.05) is 26.2 Å². The average molecular weight is 401 g/mol. The van der Waals surface area contributed by atoms with Gasteiger partial charge in [0, 0.05) is 24.6 Å². The molecule has 5 nitrogen and oxygen atoms in total. The molecule has 160 valence electrons. The number of hydrogen-bond donors (Lipinski definition) is 1. The van der Waals surface area contributed by atoms with Crippen molar-refractivity contribution in [1.82, 2.24) is 10.2 Å². The first-order valence-electron chi connectivity index (χ1n) is 11.2. The minimum absolute atomic E-state index is 0.0596. The van der Waals surface area contributed by atoms with Crippen LogP contribution in [0.5, 0.6) is 0 Å². The summed E-state index contributed by atoms with van der Waals surface area (Å²) in [6, 6.07) is 7.97. The van der Waals surface area contributed by atoms with Crippen molar-refractivity contribution in [3.8, 4) is 0 Å². The standard InChI is InChI=1S/C24H36N2O3/c1-17(2)15-19-6-8-20(9-7-19)23(27)21-10-12-26(13-11-21)18(3)24(28)25-16-22-5-4-14-29-22/h6-9,17-18,21-22H,4-5,10-16H2,1-3H3,(H,25,28)/t18-,22-/m1/s1. The van der Waals surface area contributed by atoms with Gasteiger partial charge in [-0.1, -0.05) is 38.1 Å². The van der Waals surface area contributed by atoms with Gasteiger partial charge in [-0.3, -0.25) is 14.5 Å². The number of hydrogen-bond acceptors (Lipinski definition) is 4. The van der Waals surface area contributed by atoms with Crippen molar-refractivity contribution in [2.45, 2.75) is 65.0 Å². The predicted molar refractivity (Wildman–Crippen MR) is 115 cm³/mol. The van der Waals surface area contributed by atoms with Crippen LogP contribution in [0.4, 0.5) is 0 Å². The Hall–Kier alpha value is -1.72. The van der Waals surface area contributed by atoms with Crippen molar-refractivity contribution in [3.05, 3.63) is 35.4 Å². The molecule has 3 rings (SSSR count). The van der Waals surface area contributed by atoms with E-state index < -0.39 is 0 Å². The maximum absolute atomic E-state index is 12.9. The van der Waals surface area contributed by atoms with Gasteiger partial charge in [-0.05, 0) is 63.6 Å². The summed E-state index contributed by atoms with van der Waals surface area (Å²) in [6.45, 7) is 9.35. The van der Waals surface area contributed by atoms with Gasteiger partial charge in [0.25, 0.3) is 0 Å². The van der Waals surface area contributed by atoms with E-state index in [2.05, 4.69) is 36.2 Å². The van der Waals surface area contributed by atoms with Gasteiger partial charge >= 0.3 is 0 Å². The summed E-state index contributed by atoms with van der Waals surface area (Å²) < 4.78 is 5.57. The molecule has 5 heteroatoms. The minimum Gasteiger partial charge on any atom is -0.376 e. The van der Waals surface area contributed by atoms with Gasteiger partial charge < -0.3 is 10.1 Å². The molecule has 2 aliphatic rings. The molecule has 2 fully saturated rings. The first kappa shape index (κ1) is 22.0. The molecule has 1 amide bonds. The highest BCUT2D eigenvalue weighted by Gasteiger charge is 2.30. The molecule has 0 aromatic heterocycles. The molecule has 2 heterocycles. The van der Waals surface area contributed by atoms with E-state index in [1.54, 1.807) is 0 Å². The fourth-order valence-electron chi connectivity index (χ4n) is 4.39. The summed E-state index contributed by atoms with van der Waals surface area (Å²) in [5.74, 6) is 0.984. The Kier molecular flexibility index (Phi) is 7.84. The monoisotopic (exact) mass is 400 g/mol. The van der Waals surface area contributed by atoms with Gasteiger partial charge in [0.2, 0.25) is 5.91 Å². The molecule has 0 bridgehead atoms. The molecule has 1 N–H and O–H groups in total. The van der Waals surface area contributed by atoms with Crippen molar-refractivity contribution in [1.29, 1.82) is 0 Å². The van der Waals surface area contributed by atoms with Crippen molar-refractivity contribution >= 4 is 11.7 Å². The summed E-state index contributed by atoms with van der Waals surface area (Å²) in [6.07, 6.45) is 4.95. The van der Waals surface area contributed by atoms with Crippen LogP contribution >= 0.6 is 0 Å². The van der Waals surface area contributed by atoms with E-state index in [-0.39, 0.29) is 29.8 Å². The number of piperidine rings is 1. The van der Waals surface area contributed by atoms with Gasteiger partial charge in [0.1, 0.15) is 0 Å². The molecule has 0 spiro atoms. The SMILES string of the molecule is CC(C)Cc1ccc(C(=O)C2CCN([C@H](C)C(=O)NC[C@H]3CCCO3)CC2)cc1. The number of amides is 1. The van der Waals surface area contributed by atoms with E-state index >= 15 is 0 Å². The topological polar surface area (TPSA) is 58.6 Å². The van der Waals surface area contributed by atoms with Crippen molar-refractivity contribution in [3.63, 3.8) is 0 Å². The molecule has 1 aromatic carbocycles. The van der Waals surface area contributed by atoms with Crippen molar-refractivity contribution < 1.29 is 14.3 Å². The second-order valence-electron chi connectivity index (χ2n) is 9.03. The molecular formula is C24H36N2O3. The quantitative estimate of drug-likeness (QED) is 0.679. The van der Waals surface area contributed by atoms with E-state index in [1.807, 2.05) is 19.1 Å². The molecule has 29 heavy (non-hydrogen) atoms. The van der Waals surface area contributed by atoms with Crippen LogP contribution in [0.1, 0.15) is 62.4 Å². The van der Waals surface area contributed by atoms with Crippen LogP contribution in [0.2, 0.25) is 0 Å². The second-order valence-corrected chi connectivity index (χ2v) is 9.03. The summed E-state index contributed by atoms with van der Waals surface area (Å²) >= 11 is 0. The third kappa shape index (κ3) is 6.13. The Balaban J connectivity index is 1.45. The number of Topliss-reactive ketones (excluding diaryl/α,β-unsaturated/α-hetero) is 1. The van der Waals surface area contributed by atoms with E-state index in [9.17, 15) is 9.59 Å². The third-order valence-corrected chi connectivity index (χ3v) is 6.24. The lowest BCUT2D eigenvalue weighted by atomic mass is 9.88. The molecule has 1 aromatic rings. The third-order valence-electron chi connectivity index (χ3n) is 6.24. The lowest BCUT2D eigenvalue weighted by Crippen LogP contribution is -2.50. The van der Waals surface area contributed by atoms with Gasteiger partial charge in [-0.25, -0.2) is 0 Å². The van der Waals surface area contributed by atoms with E-state index in [0.29, 0.717) is 12.5 Å². The number of nitrogens with one attached hydrogen (secondary N) is 1. The first-order valence-corrected chi connectivity index (χ1v) is 11.2. The van der Waals surface area contributed by atoms with Crippen LogP contribution in [-0.4, -0.2) is 55.0 Å². The summed E-state index contributed by atoms with van der Waals surface area (Å²) in [5, 5.41) is 3.03. The Bertz CT molecular complexity index is 672.